The Morgan fingerprint density at radius 3 is 2.32 bits per heavy atom. The van der Waals surface area contributed by atoms with E-state index in [2.05, 4.69) is 6.92 Å². The molecule has 0 amide bonds. The number of aliphatic carboxylic acids is 1. The first-order valence-electron chi connectivity index (χ1n) is 9.62. The summed E-state index contributed by atoms with van der Waals surface area (Å²) in [5, 5.41) is 18.7. The molecular weight excluding hydrogens is 320 g/mol. The van der Waals surface area contributed by atoms with Gasteiger partial charge < -0.3 is 10.2 Å². The lowest BCUT2D eigenvalue weighted by atomic mass is 9.97. The van der Waals surface area contributed by atoms with Gasteiger partial charge in [-0.3, -0.25) is 14.4 Å². The smallest absolute Gasteiger partial charge is 0.303 e. The van der Waals surface area contributed by atoms with Gasteiger partial charge in [0.05, 0.1) is 6.10 Å². The minimum absolute atomic E-state index is 0.00599. The van der Waals surface area contributed by atoms with Gasteiger partial charge in [0.25, 0.3) is 0 Å². The van der Waals surface area contributed by atoms with E-state index < -0.39 is 12.1 Å². The van der Waals surface area contributed by atoms with Crippen molar-refractivity contribution < 1.29 is 24.6 Å². The molecule has 0 bridgehead atoms. The maximum Gasteiger partial charge on any atom is 0.303 e. The van der Waals surface area contributed by atoms with Crippen LogP contribution in [0.25, 0.3) is 0 Å². The van der Waals surface area contributed by atoms with Crippen LogP contribution >= 0.6 is 0 Å². The number of hydrogen-bond acceptors (Lipinski definition) is 4. The summed E-state index contributed by atoms with van der Waals surface area (Å²) in [6.45, 7) is 2.10. The van der Waals surface area contributed by atoms with Crippen LogP contribution in [-0.2, 0) is 14.4 Å². The molecule has 1 aliphatic rings. The summed E-state index contributed by atoms with van der Waals surface area (Å²) in [5.41, 5.74) is 1.48. The molecule has 2 N–H and O–H groups in total. The minimum atomic E-state index is -0.775. The SMILES string of the molecule is CCCCCC(=O)CCC1=C(CCCCCCC(=O)O)C(=O)CC1O. The van der Waals surface area contributed by atoms with Gasteiger partial charge in [0.1, 0.15) is 5.78 Å². The van der Waals surface area contributed by atoms with Crippen LogP contribution in [0.1, 0.15) is 90.4 Å². The van der Waals surface area contributed by atoms with Crippen molar-refractivity contribution in [2.45, 2.75) is 96.5 Å². The summed E-state index contributed by atoms with van der Waals surface area (Å²) in [6, 6.07) is 0. The molecule has 1 aliphatic carbocycles. The Balaban J connectivity index is 2.41. The third-order valence-corrected chi connectivity index (χ3v) is 4.80. The third-order valence-electron chi connectivity index (χ3n) is 4.80. The summed E-state index contributed by atoms with van der Waals surface area (Å²) in [5.74, 6) is -0.560. The number of aliphatic hydroxyl groups is 1. The maximum absolute atomic E-state index is 12.1. The Morgan fingerprint density at radius 1 is 0.960 bits per heavy atom. The van der Waals surface area contributed by atoms with Crippen molar-refractivity contribution in [1.29, 1.82) is 0 Å². The molecular formula is C20H32O5. The van der Waals surface area contributed by atoms with Gasteiger partial charge in [-0.15, -0.1) is 0 Å². The molecule has 0 aromatic carbocycles. The highest BCUT2D eigenvalue weighted by Crippen LogP contribution is 2.31. The fourth-order valence-electron chi connectivity index (χ4n) is 3.32. The molecule has 0 aromatic heterocycles. The van der Waals surface area contributed by atoms with Gasteiger partial charge >= 0.3 is 5.97 Å². The van der Waals surface area contributed by atoms with Crippen molar-refractivity contribution in [3.63, 3.8) is 0 Å². The minimum Gasteiger partial charge on any atom is -0.481 e. The van der Waals surface area contributed by atoms with E-state index in [1.165, 1.54) is 0 Å². The lowest BCUT2D eigenvalue weighted by Gasteiger charge is -2.10. The molecule has 0 radical (unpaired) electrons. The van der Waals surface area contributed by atoms with Gasteiger partial charge in [0.15, 0.2) is 5.78 Å². The first-order chi connectivity index (χ1) is 12.0. The van der Waals surface area contributed by atoms with Crippen LogP contribution in [-0.4, -0.2) is 33.9 Å². The number of carbonyl (C=O) groups is 3. The van der Waals surface area contributed by atoms with Crippen LogP contribution < -0.4 is 0 Å². The van der Waals surface area contributed by atoms with Gasteiger partial charge in [-0.2, -0.15) is 0 Å². The number of unbranched alkanes of at least 4 members (excludes halogenated alkanes) is 5. The van der Waals surface area contributed by atoms with Crippen molar-refractivity contribution >= 4 is 17.5 Å². The first-order valence-corrected chi connectivity index (χ1v) is 9.62. The van der Waals surface area contributed by atoms with Crippen molar-refractivity contribution in [3.8, 4) is 0 Å². The van der Waals surface area contributed by atoms with Crippen molar-refractivity contribution in [3.05, 3.63) is 11.1 Å². The van der Waals surface area contributed by atoms with E-state index in [-0.39, 0.29) is 24.4 Å². The second kappa shape index (κ2) is 12.0. The Kier molecular flexibility index (Phi) is 10.3. The number of hydrogen-bond donors (Lipinski definition) is 2. The molecule has 1 rings (SSSR count). The summed E-state index contributed by atoms with van der Waals surface area (Å²) >= 11 is 0. The molecule has 1 atom stereocenters. The summed E-state index contributed by atoms with van der Waals surface area (Å²) in [4.78, 5) is 34.5. The van der Waals surface area contributed by atoms with Crippen LogP contribution in [0.4, 0.5) is 0 Å². The highest BCUT2D eigenvalue weighted by Gasteiger charge is 2.30. The lowest BCUT2D eigenvalue weighted by molar-refractivity contribution is -0.137. The standard InChI is InChI=1S/C20H32O5/c1-2-3-6-9-15(21)12-13-17-16(18(22)14-19(17)23)10-7-4-5-8-11-20(24)25/h19,23H,2-14H2,1H3,(H,24,25). The Bertz CT molecular complexity index is 492. The van der Waals surface area contributed by atoms with Crippen molar-refractivity contribution in [1.82, 2.24) is 0 Å². The molecule has 0 heterocycles. The Morgan fingerprint density at radius 2 is 1.64 bits per heavy atom. The number of ketones is 2. The number of carboxylic acid groups (broad SMARTS) is 1. The molecule has 0 spiro atoms. The van der Waals surface area contributed by atoms with E-state index in [0.29, 0.717) is 37.7 Å². The third kappa shape index (κ3) is 8.43. The fraction of sp³-hybridized carbons (Fsp3) is 0.750. The summed E-state index contributed by atoms with van der Waals surface area (Å²) < 4.78 is 0. The zero-order chi connectivity index (χ0) is 18.7. The molecule has 0 fully saturated rings. The Labute approximate surface area is 150 Å². The van der Waals surface area contributed by atoms with Crippen molar-refractivity contribution in [2.24, 2.45) is 0 Å². The number of rotatable bonds is 14. The van der Waals surface area contributed by atoms with Gasteiger partial charge in [-0.25, -0.2) is 0 Å². The van der Waals surface area contributed by atoms with E-state index in [1.807, 2.05) is 0 Å². The van der Waals surface area contributed by atoms with Crippen molar-refractivity contribution in [2.75, 3.05) is 0 Å². The molecule has 1 unspecified atom stereocenters. The van der Waals surface area contributed by atoms with Gasteiger partial charge in [-0.05, 0) is 43.3 Å². The summed E-state index contributed by atoms with van der Waals surface area (Å²) in [7, 11) is 0. The molecule has 0 saturated carbocycles. The number of Topliss-reactive ketones (excluding diaryl/α,β-unsaturated/α-hetero) is 2. The topological polar surface area (TPSA) is 91.7 Å². The highest BCUT2D eigenvalue weighted by atomic mass is 16.4. The Hall–Kier alpha value is -1.49. The lowest BCUT2D eigenvalue weighted by Crippen LogP contribution is -2.08. The predicted octanol–water partition coefficient (Wildman–Crippen LogP) is 3.97. The average Bonchev–Trinajstić information content (AvgIpc) is 2.82. The first kappa shape index (κ1) is 21.6. The van der Waals surface area contributed by atoms with Crippen LogP contribution in [0.5, 0.6) is 0 Å². The van der Waals surface area contributed by atoms with E-state index >= 15 is 0 Å². The van der Waals surface area contributed by atoms with Gasteiger partial charge in [0, 0.05) is 25.7 Å². The molecule has 0 aromatic rings. The highest BCUT2D eigenvalue weighted by molar-refractivity contribution is 5.99. The normalized spacial score (nSPS) is 17.4. The van der Waals surface area contributed by atoms with E-state index in [4.69, 9.17) is 5.11 Å². The summed E-state index contributed by atoms with van der Waals surface area (Å²) in [6.07, 6.45) is 7.97. The van der Waals surface area contributed by atoms with Crippen LogP contribution in [0.15, 0.2) is 11.1 Å². The van der Waals surface area contributed by atoms with Gasteiger partial charge in [0.2, 0.25) is 0 Å². The molecule has 5 heteroatoms. The number of carboxylic acids is 1. The van der Waals surface area contributed by atoms with Gasteiger partial charge in [-0.1, -0.05) is 32.6 Å². The number of allylic oxidation sites excluding steroid dienone is 1. The number of carbonyl (C=O) groups excluding carboxylic acids is 2. The second-order valence-corrected chi connectivity index (χ2v) is 6.95. The second-order valence-electron chi connectivity index (χ2n) is 6.95. The predicted molar refractivity (Wildman–Crippen MR) is 96.4 cm³/mol. The molecule has 0 aliphatic heterocycles. The monoisotopic (exact) mass is 352 g/mol. The quantitative estimate of drug-likeness (QED) is 0.462. The molecule has 142 valence electrons. The zero-order valence-corrected chi connectivity index (χ0v) is 15.4. The molecule has 0 saturated heterocycles. The number of aliphatic hydroxyl groups excluding tert-OH is 1. The fourth-order valence-corrected chi connectivity index (χ4v) is 3.32. The molecule has 25 heavy (non-hydrogen) atoms. The van der Waals surface area contributed by atoms with E-state index in [9.17, 15) is 19.5 Å². The largest absolute Gasteiger partial charge is 0.481 e. The molecule has 5 nitrogen and oxygen atoms in total. The zero-order valence-electron chi connectivity index (χ0n) is 15.4. The van der Waals surface area contributed by atoms with E-state index in [1.54, 1.807) is 0 Å². The average molecular weight is 352 g/mol. The maximum atomic E-state index is 12.1. The van der Waals surface area contributed by atoms with Crippen LogP contribution in [0.3, 0.4) is 0 Å². The van der Waals surface area contributed by atoms with Crippen LogP contribution in [0.2, 0.25) is 0 Å². The van der Waals surface area contributed by atoms with Crippen LogP contribution in [0, 0.1) is 0 Å². The van der Waals surface area contributed by atoms with E-state index in [0.717, 1.165) is 44.1 Å².